The van der Waals surface area contributed by atoms with Gasteiger partial charge >= 0.3 is 17.8 Å². The van der Waals surface area contributed by atoms with Gasteiger partial charge in [-0.3, -0.25) is 14.5 Å². The summed E-state index contributed by atoms with van der Waals surface area (Å²) in [6, 6.07) is 7.66. The van der Waals surface area contributed by atoms with Crippen molar-refractivity contribution in [1.29, 1.82) is 0 Å². The fourth-order valence-electron chi connectivity index (χ4n) is 1.59. The number of imide groups is 2. The topological polar surface area (TPSA) is 57.7 Å². The van der Waals surface area contributed by atoms with Gasteiger partial charge in [-0.05, 0) is 12.1 Å². The molecule has 0 aliphatic carbocycles. The number of urea groups is 1. The van der Waals surface area contributed by atoms with Gasteiger partial charge in [-0.15, -0.1) is 11.6 Å². The molecule has 0 radical (unpaired) electrons. The number of hydrogen-bond donors (Lipinski definition) is 0. The molecule has 5 nitrogen and oxygen atoms in total. The molecule has 1 aromatic rings. The average Bonchev–Trinajstić information content (AvgIpc) is 2.55. The van der Waals surface area contributed by atoms with Gasteiger partial charge in [0.05, 0.1) is 5.69 Å². The lowest BCUT2D eigenvalue weighted by Gasteiger charge is -2.14. The van der Waals surface area contributed by atoms with E-state index in [0.717, 1.165) is 9.80 Å². The number of amides is 4. The summed E-state index contributed by atoms with van der Waals surface area (Å²) in [7, 11) is 0. The van der Waals surface area contributed by atoms with E-state index in [1.807, 2.05) is 0 Å². The maximum Gasteiger partial charge on any atom is 0.338 e. The van der Waals surface area contributed by atoms with Crippen LogP contribution in [0.15, 0.2) is 30.3 Å². The first-order valence-corrected chi connectivity index (χ1v) is 5.51. The van der Waals surface area contributed by atoms with Gasteiger partial charge in [-0.2, -0.15) is 0 Å². The van der Waals surface area contributed by atoms with E-state index in [1.54, 1.807) is 30.3 Å². The summed E-state index contributed by atoms with van der Waals surface area (Å²) in [5.74, 6) is -1.57. The minimum absolute atomic E-state index is 0.0360. The molecule has 0 spiro atoms. The van der Waals surface area contributed by atoms with Crippen LogP contribution in [-0.2, 0) is 9.59 Å². The Hall–Kier alpha value is -1.88. The zero-order valence-electron chi connectivity index (χ0n) is 8.80. The van der Waals surface area contributed by atoms with Crippen molar-refractivity contribution in [2.24, 2.45) is 0 Å². The lowest BCUT2D eigenvalue weighted by atomic mass is 10.3. The van der Waals surface area contributed by atoms with E-state index in [0.29, 0.717) is 5.69 Å². The number of carbonyl (C=O) groups excluding carboxylic acids is 3. The van der Waals surface area contributed by atoms with Crippen molar-refractivity contribution in [3.8, 4) is 0 Å². The minimum Gasteiger partial charge on any atom is -0.263 e. The third-order valence-electron chi connectivity index (χ3n) is 2.38. The van der Waals surface area contributed by atoms with E-state index in [9.17, 15) is 14.4 Å². The van der Waals surface area contributed by atoms with Crippen molar-refractivity contribution in [3.63, 3.8) is 0 Å². The van der Waals surface area contributed by atoms with E-state index in [4.69, 9.17) is 11.6 Å². The van der Waals surface area contributed by atoms with Crippen molar-refractivity contribution >= 4 is 35.1 Å². The lowest BCUT2D eigenvalue weighted by molar-refractivity contribution is -0.139. The molecule has 0 saturated carbocycles. The maximum absolute atomic E-state index is 11.9. The van der Waals surface area contributed by atoms with Crippen LogP contribution >= 0.6 is 11.6 Å². The molecule has 1 aliphatic heterocycles. The highest BCUT2D eigenvalue weighted by atomic mass is 35.5. The van der Waals surface area contributed by atoms with Gasteiger partial charge in [0.25, 0.3) is 0 Å². The Morgan fingerprint density at radius 1 is 1.00 bits per heavy atom. The molecular formula is C11H9ClN2O3. The van der Waals surface area contributed by atoms with E-state index < -0.39 is 17.8 Å². The van der Waals surface area contributed by atoms with Crippen LogP contribution in [-0.4, -0.2) is 35.2 Å². The fourth-order valence-corrected chi connectivity index (χ4v) is 1.76. The van der Waals surface area contributed by atoms with Crippen molar-refractivity contribution < 1.29 is 14.4 Å². The first-order chi connectivity index (χ1) is 8.16. The largest absolute Gasteiger partial charge is 0.338 e. The Labute approximate surface area is 103 Å². The monoisotopic (exact) mass is 252 g/mol. The third kappa shape index (κ3) is 1.89. The van der Waals surface area contributed by atoms with Gasteiger partial charge in [0.15, 0.2) is 0 Å². The highest BCUT2D eigenvalue weighted by Gasteiger charge is 2.44. The second-order valence-electron chi connectivity index (χ2n) is 3.40. The van der Waals surface area contributed by atoms with Gasteiger partial charge in [-0.1, -0.05) is 18.2 Å². The number of benzene rings is 1. The van der Waals surface area contributed by atoms with Crippen LogP contribution in [0.2, 0.25) is 0 Å². The quantitative estimate of drug-likeness (QED) is 0.462. The molecule has 0 aromatic heterocycles. The van der Waals surface area contributed by atoms with Gasteiger partial charge < -0.3 is 0 Å². The summed E-state index contributed by atoms with van der Waals surface area (Å²) < 4.78 is 0. The van der Waals surface area contributed by atoms with E-state index in [1.165, 1.54) is 0 Å². The predicted octanol–water partition coefficient (Wildman–Crippen LogP) is 1.22. The van der Waals surface area contributed by atoms with Gasteiger partial charge in [0, 0.05) is 12.4 Å². The summed E-state index contributed by atoms with van der Waals surface area (Å²) >= 11 is 5.48. The molecular weight excluding hydrogens is 244 g/mol. The van der Waals surface area contributed by atoms with Crippen LogP contribution in [0, 0.1) is 0 Å². The SMILES string of the molecule is O=C1C(=O)N(c2ccccc2)C(=O)N1CCCl. The molecule has 1 aliphatic rings. The molecule has 4 amide bonds. The number of anilines is 1. The van der Waals surface area contributed by atoms with Crippen LogP contribution in [0.3, 0.4) is 0 Å². The number of hydrogen-bond acceptors (Lipinski definition) is 3. The van der Waals surface area contributed by atoms with Crippen molar-refractivity contribution in [2.45, 2.75) is 0 Å². The van der Waals surface area contributed by atoms with Crippen LogP contribution in [0.5, 0.6) is 0 Å². The normalized spacial score (nSPS) is 15.9. The second-order valence-corrected chi connectivity index (χ2v) is 3.78. The molecule has 0 unspecified atom stereocenters. The molecule has 6 heteroatoms. The van der Waals surface area contributed by atoms with Crippen LogP contribution < -0.4 is 4.90 Å². The Bertz CT molecular complexity index is 475. The maximum atomic E-state index is 11.9. The highest BCUT2D eigenvalue weighted by Crippen LogP contribution is 2.21. The van der Waals surface area contributed by atoms with Gasteiger partial charge in [0.1, 0.15) is 0 Å². The average molecular weight is 253 g/mol. The molecule has 0 bridgehead atoms. The summed E-state index contributed by atoms with van der Waals surface area (Å²) in [5, 5.41) is 0. The van der Waals surface area contributed by atoms with E-state index in [-0.39, 0.29) is 12.4 Å². The molecule has 0 atom stereocenters. The lowest BCUT2D eigenvalue weighted by Crippen LogP contribution is -2.34. The first kappa shape index (κ1) is 11.6. The number of alkyl halides is 1. The Balaban J connectivity index is 2.34. The number of carbonyl (C=O) groups is 3. The Morgan fingerprint density at radius 3 is 2.24 bits per heavy atom. The van der Waals surface area contributed by atoms with Crippen LogP contribution in [0.1, 0.15) is 0 Å². The molecule has 88 valence electrons. The second kappa shape index (κ2) is 4.55. The molecule has 17 heavy (non-hydrogen) atoms. The van der Waals surface area contributed by atoms with Gasteiger partial charge in [0.2, 0.25) is 0 Å². The summed E-state index contributed by atoms with van der Waals surface area (Å²) in [5.41, 5.74) is 0.382. The zero-order valence-corrected chi connectivity index (χ0v) is 9.55. The standard InChI is InChI=1S/C11H9ClN2O3/c12-6-7-13-9(15)10(16)14(11(13)17)8-4-2-1-3-5-8/h1-5H,6-7H2. The Morgan fingerprint density at radius 2 is 1.65 bits per heavy atom. The van der Waals surface area contributed by atoms with Gasteiger partial charge in [-0.25, -0.2) is 9.69 Å². The Kier molecular flexibility index (Phi) is 3.10. The van der Waals surface area contributed by atoms with Crippen molar-refractivity contribution in [1.82, 2.24) is 4.90 Å². The van der Waals surface area contributed by atoms with Crippen LogP contribution in [0.4, 0.5) is 10.5 Å². The molecule has 2 rings (SSSR count). The molecule has 1 aromatic carbocycles. The van der Waals surface area contributed by atoms with E-state index in [2.05, 4.69) is 0 Å². The molecule has 0 N–H and O–H groups in total. The number of para-hydroxylation sites is 1. The van der Waals surface area contributed by atoms with Crippen molar-refractivity contribution in [2.75, 3.05) is 17.3 Å². The highest BCUT2D eigenvalue weighted by molar-refractivity contribution is 6.52. The summed E-state index contributed by atoms with van der Waals surface area (Å²) in [4.78, 5) is 36.8. The third-order valence-corrected chi connectivity index (χ3v) is 2.54. The number of halogens is 1. The zero-order chi connectivity index (χ0) is 12.4. The molecule has 1 fully saturated rings. The molecule has 1 saturated heterocycles. The van der Waals surface area contributed by atoms with Crippen LogP contribution in [0.25, 0.3) is 0 Å². The van der Waals surface area contributed by atoms with E-state index >= 15 is 0 Å². The van der Waals surface area contributed by atoms with Crippen molar-refractivity contribution in [3.05, 3.63) is 30.3 Å². The fraction of sp³-hybridized carbons (Fsp3) is 0.182. The smallest absolute Gasteiger partial charge is 0.263 e. The molecule has 1 heterocycles. The number of nitrogens with zero attached hydrogens (tertiary/aromatic N) is 2. The predicted molar refractivity (Wildman–Crippen MR) is 61.8 cm³/mol. The summed E-state index contributed by atoms with van der Waals surface area (Å²) in [6.45, 7) is 0.0360. The first-order valence-electron chi connectivity index (χ1n) is 4.97. The minimum atomic E-state index is -0.841. The summed E-state index contributed by atoms with van der Waals surface area (Å²) in [6.07, 6.45) is 0. The number of rotatable bonds is 3.